The number of carbonyl (C=O) groups is 2. The second-order valence-electron chi connectivity index (χ2n) is 5.51. The molecular weight excluding hydrogens is 268 g/mol. The minimum absolute atomic E-state index is 0.1000. The molecule has 1 aromatic rings. The van der Waals surface area contributed by atoms with Crippen LogP contribution in [0.1, 0.15) is 31.7 Å². The van der Waals surface area contributed by atoms with E-state index in [2.05, 4.69) is 12.2 Å². The molecule has 2 rings (SSSR count). The van der Waals surface area contributed by atoms with Crippen molar-refractivity contribution in [2.45, 2.75) is 32.6 Å². The lowest BCUT2D eigenvalue weighted by molar-refractivity contribution is -0.138. The van der Waals surface area contributed by atoms with Gasteiger partial charge in [-0.15, -0.1) is 0 Å². The van der Waals surface area contributed by atoms with Crippen LogP contribution in [-0.2, 0) is 11.2 Å². The molecule has 1 saturated heterocycles. The summed E-state index contributed by atoms with van der Waals surface area (Å²) in [7, 11) is 0. The zero-order valence-electron chi connectivity index (χ0n) is 12.3. The number of carboxylic acids is 1. The highest BCUT2D eigenvalue weighted by atomic mass is 16.4. The lowest BCUT2D eigenvalue weighted by Crippen LogP contribution is -2.41. The van der Waals surface area contributed by atoms with Gasteiger partial charge in [-0.05, 0) is 42.9 Å². The number of benzene rings is 1. The van der Waals surface area contributed by atoms with E-state index < -0.39 is 5.97 Å². The maximum atomic E-state index is 12.2. The maximum absolute atomic E-state index is 12.2. The molecule has 21 heavy (non-hydrogen) atoms. The summed E-state index contributed by atoms with van der Waals surface area (Å²) in [6, 6.07) is 7.74. The van der Waals surface area contributed by atoms with Crippen LogP contribution in [0.2, 0.25) is 0 Å². The minimum atomic E-state index is -0.755. The number of piperidine rings is 1. The number of amides is 2. The number of likely N-dealkylation sites (tertiary alicyclic amines) is 1. The zero-order valence-corrected chi connectivity index (χ0v) is 12.3. The highest BCUT2D eigenvalue weighted by Crippen LogP contribution is 2.21. The number of carboxylic acid groups (broad SMARTS) is 1. The van der Waals surface area contributed by atoms with Crippen LogP contribution in [0.3, 0.4) is 0 Å². The average molecular weight is 290 g/mol. The lowest BCUT2D eigenvalue weighted by Gasteiger charge is -2.31. The van der Waals surface area contributed by atoms with Crippen LogP contribution in [0.5, 0.6) is 0 Å². The van der Waals surface area contributed by atoms with Gasteiger partial charge >= 0.3 is 12.0 Å². The maximum Gasteiger partial charge on any atom is 0.321 e. The van der Waals surface area contributed by atoms with Crippen molar-refractivity contribution in [2.75, 3.05) is 18.4 Å². The van der Waals surface area contributed by atoms with Gasteiger partial charge in [-0.3, -0.25) is 4.79 Å². The van der Waals surface area contributed by atoms with Gasteiger partial charge in [-0.2, -0.15) is 0 Å². The molecule has 0 spiro atoms. The number of nitrogens with zero attached hydrogens (tertiary/aromatic N) is 1. The van der Waals surface area contributed by atoms with Crippen molar-refractivity contribution in [1.82, 2.24) is 4.90 Å². The van der Waals surface area contributed by atoms with Crippen molar-refractivity contribution in [3.8, 4) is 0 Å². The van der Waals surface area contributed by atoms with Gasteiger partial charge in [0, 0.05) is 25.2 Å². The van der Waals surface area contributed by atoms with Crippen molar-refractivity contribution >= 4 is 17.7 Å². The summed E-state index contributed by atoms with van der Waals surface area (Å²) >= 11 is 0. The van der Waals surface area contributed by atoms with Gasteiger partial charge < -0.3 is 15.3 Å². The number of aryl methyl sites for hydroxylation is 1. The Morgan fingerprint density at radius 2 is 2.05 bits per heavy atom. The van der Waals surface area contributed by atoms with Crippen molar-refractivity contribution < 1.29 is 14.7 Å². The molecule has 5 heteroatoms. The Morgan fingerprint density at radius 1 is 1.33 bits per heavy atom. The molecule has 0 unspecified atom stereocenters. The van der Waals surface area contributed by atoms with Gasteiger partial charge in [-0.25, -0.2) is 4.79 Å². The SMILES string of the molecule is CCc1cccc(NC(=O)N2CCC(CC(=O)O)CC2)c1. The molecule has 0 bridgehead atoms. The number of rotatable bonds is 4. The molecule has 1 aliphatic heterocycles. The molecule has 0 aliphatic carbocycles. The topological polar surface area (TPSA) is 69.6 Å². The van der Waals surface area contributed by atoms with Gasteiger partial charge in [0.1, 0.15) is 0 Å². The molecule has 0 aromatic heterocycles. The van der Waals surface area contributed by atoms with Gasteiger partial charge in [0.15, 0.2) is 0 Å². The summed E-state index contributed by atoms with van der Waals surface area (Å²) in [6.45, 7) is 3.32. The molecule has 114 valence electrons. The van der Waals surface area contributed by atoms with Crippen LogP contribution in [0.4, 0.5) is 10.5 Å². The third-order valence-electron chi connectivity index (χ3n) is 3.95. The van der Waals surface area contributed by atoms with E-state index in [0.717, 1.165) is 24.9 Å². The Morgan fingerprint density at radius 3 is 2.67 bits per heavy atom. The van der Waals surface area contributed by atoms with Crippen LogP contribution in [0.25, 0.3) is 0 Å². The van der Waals surface area contributed by atoms with E-state index in [9.17, 15) is 9.59 Å². The first-order chi connectivity index (χ1) is 10.1. The number of nitrogens with one attached hydrogen (secondary N) is 1. The Kier molecular flexibility index (Phi) is 5.20. The van der Waals surface area contributed by atoms with E-state index in [-0.39, 0.29) is 18.4 Å². The minimum Gasteiger partial charge on any atom is -0.481 e. The monoisotopic (exact) mass is 290 g/mol. The molecule has 2 amide bonds. The molecule has 1 heterocycles. The fourth-order valence-electron chi connectivity index (χ4n) is 2.66. The van der Waals surface area contributed by atoms with Gasteiger partial charge in [-0.1, -0.05) is 19.1 Å². The number of urea groups is 1. The Balaban J connectivity index is 1.85. The summed E-state index contributed by atoms with van der Waals surface area (Å²) in [5.74, 6) is -0.566. The number of hydrogen-bond donors (Lipinski definition) is 2. The predicted octanol–water partition coefficient (Wildman–Crippen LogP) is 2.97. The van der Waals surface area contributed by atoms with Crippen molar-refractivity contribution in [3.63, 3.8) is 0 Å². The van der Waals surface area contributed by atoms with Crippen LogP contribution in [-0.4, -0.2) is 35.1 Å². The molecule has 0 atom stereocenters. The second kappa shape index (κ2) is 7.11. The third-order valence-corrected chi connectivity index (χ3v) is 3.95. The highest BCUT2D eigenvalue weighted by molar-refractivity contribution is 5.89. The summed E-state index contributed by atoms with van der Waals surface area (Å²) in [4.78, 5) is 24.6. The Labute approximate surface area is 125 Å². The quantitative estimate of drug-likeness (QED) is 0.895. The van der Waals surface area contributed by atoms with Crippen LogP contribution < -0.4 is 5.32 Å². The zero-order chi connectivity index (χ0) is 15.2. The number of hydrogen-bond acceptors (Lipinski definition) is 2. The lowest BCUT2D eigenvalue weighted by atomic mass is 9.94. The van der Waals surface area contributed by atoms with Crippen LogP contribution in [0, 0.1) is 5.92 Å². The van der Waals surface area contributed by atoms with Crippen LogP contribution >= 0.6 is 0 Å². The largest absolute Gasteiger partial charge is 0.481 e. The van der Waals surface area contributed by atoms with Crippen LogP contribution in [0.15, 0.2) is 24.3 Å². The molecule has 0 radical (unpaired) electrons. The van der Waals surface area contributed by atoms with Crippen molar-refractivity contribution in [1.29, 1.82) is 0 Å². The second-order valence-corrected chi connectivity index (χ2v) is 5.51. The molecule has 1 aromatic carbocycles. The number of carbonyl (C=O) groups excluding carboxylic acids is 1. The van der Waals surface area contributed by atoms with Gasteiger partial charge in [0.05, 0.1) is 0 Å². The average Bonchev–Trinajstić information content (AvgIpc) is 2.47. The molecule has 1 aliphatic rings. The van der Waals surface area contributed by atoms with E-state index in [4.69, 9.17) is 5.11 Å². The first-order valence-corrected chi connectivity index (χ1v) is 7.45. The van der Waals surface area contributed by atoms with E-state index in [1.165, 1.54) is 5.56 Å². The molecule has 1 fully saturated rings. The van der Waals surface area contributed by atoms with E-state index in [1.54, 1.807) is 4.90 Å². The Bertz CT molecular complexity index is 508. The van der Waals surface area contributed by atoms with Crippen molar-refractivity contribution in [3.05, 3.63) is 29.8 Å². The first kappa shape index (κ1) is 15.4. The molecular formula is C16H22N2O3. The summed E-state index contributed by atoms with van der Waals surface area (Å²) in [5.41, 5.74) is 2.00. The Hall–Kier alpha value is -2.04. The normalized spacial score (nSPS) is 15.8. The first-order valence-electron chi connectivity index (χ1n) is 7.45. The van der Waals surface area contributed by atoms with Crippen molar-refractivity contribution in [2.24, 2.45) is 5.92 Å². The van der Waals surface area contributed by atoms with Gasteiger partial charge in [0.2, 0.25) is 0 Å². The predicted molar refractivity (Wildman–Crippen MR) is 81.4 cm³/mol. The van der Waals surface area contributed by atoms with Gasteiger partial charge in [0.25, 0.3) is 0 Å². The summed E-state index contributed by atoms with van der Waals surface area (Å²) < 4.78 is 0. The number of aliphatic carboxylic acids is 1. The highest BCUT2D eigenvalue weighted by Gasteiger charge is 2.24. The molecule has 2 N–H and O–H groups in total. The fourth-order valence-corrected chi connectivity index (χ4v) is 2.66. The summed E-state index contributed by atoms with van der Waals surface area (Å²) in [6.07, 6.45) is 2.65. The standard InChI is InChI=1S/C16H22N2O3/c1-2-12-4-3-5-14(10-12)17-16(21)18-8-6-13(7-9-18)11-15(19)20/h3-5,10,13H,2,6-9,11H2,1H3,(H,17,21)(H,19,20). The molecule has 0 saturated carbocycles. The third kappa shape index (κ3) is 4.48. The number of anilines is 1. The fraction of sp³-hybridized carbons (Fsp3) is 0.500. The van der Waals surface area contributed by atoms with E-state index in [0.29, 0.717) is 13.1 Å². The van der Waals surface area contributed by atoms with E-state index >= 15 is 0 Å². The summed E-state index contributed by atoms with van der Waals surface area (Å²) in [5, 5.41) is 11.7. The smallest absolute Gasteiger partial charge is 0.321 e. The van der Waals surface area contributed by atoms with E-state index in [1.807, 2.05) is 24.3 Å². The molecule has 5 nitrogen and oxygen atoms in total.